The minimum Gasteiger partial charge on any atom is -0.500 e. The van der Waals surface area contributed by atoms with Crippen LogP contribution >= 0.6 is 0 Å². The van der Waals surface area contributed by atoms with Gasteiger partial charge in [-0.2, -0.15) is 0 Å². The molecule has 0 unspecified atom stereocenters. The molecule has 0 fully saturated rings. The van der Waals surface area contributed by atoms with Crippen LogP contribution in [0.5, 0.6) is 0 Å². The monoisotopic (exact) mass is 146 g/mol. The van der Waals surface area contributed by atoms with Crippen LogP contribution < -0.4 is 0 Å². The van der Waals surface area contributed by atoms with Crippen molar-refractivity contribution in [3.8, 4) is 0 Å². The van der Waals surface area contributed by atoms with Gasteiger partial charge in [-0.15, -0.1) is 0 Å². The van der Waals surface area contributed by atoms with Gasteiger partial charge in [-0.25, -0.2) is 0 Å². The van der Waals surface area contributed by atoms with Crippen molar-refractivity contribution in [2.24, 2.45) is 0 Å². The topological polar surface area (TPSA) is 9.23 Å². The standard InChI is InChI=1S/C10H10O/c1-11-10-7-9(10)8-5-3-2-4-6-8/h2-6H,7H2,1H3. The van der Waals surface area contributed by atoms with Gasteiger partial charge in [0, 0.05) is 12.0 Å². The Hall–Kier alpha value is -1.24. The van der Waals surface area contributed by atoms with Crippen LogP contribution in [0.1, 0.15) is 12.0 Å². The van der Waals surface area contributed by atoms with E-state index in [4.69, 9.17) is 4.74 Å². The molecule has 0 heterocycles. The predicted molar refractivity (Wildman–Crippen MR) is 45.0 cm³/mol. The van der Waals surface area contributed by atoms with Gasteiger partial charge in [0.25, 0.3) is 0 Å². The van der Waals surface area contributed by atoms with E-state index in [0.717, 1.165) is 12.2 Å². The molecule has 1 aromatic carbocycles. The molecule has 0 atom stereocenters. The second-order valence-electron chi connectivity index (χ2n) is 2.65. The van der Waals surface area contributed by atoms with Crippen LogP contribution in [0.15, 0.2) is 36.1 Å². The SMILES string of the molecule is COC1=C(c2ccccc2)C1. The molecule has 0 N–H and O–H groups in total. The molecule has 0 bridgehead atoms. The van der Waals surface area contributed by atoms with Crippen molar-refractivity contribution in [1.29, 1.82) is 0 Å². The van der Waals surface area contributed by atoms with Crippen LogP contribution in [0.3, 0.4) is 0 Å². The van der Waals surface area contributed by atoms with Crippen molar-refractivity contribution in [3.63, 3.8) is 0 Å². The van der Waals surface area contributed by atoms with Crippen LogP contribution in [0, 0.1) is 0 Å². The normalized spacial score (nSPS) is 15.0. The Kier molecular flexibility index (Phi) is 1.42. The largest absolute Gasteiger partial charge is 0.500 e. The lowest BCUT2D eigenvalue weighted by molar-refractivity contribution is 0.310. The fourth-order valence-corrected chi connectivity index (χ4v) is 1.21. The molecule has 11 heavy (non-hydrogen) atoms. The maximum absolute atomic E-state index is 5.11. The quantitative estimate of drug-likeness (QED) is 0.622. The van der Waals surface area contributed by atoms with Crippen LogP contribution in [0.4, 0.5) is 0 Å². The number of rotatable bonds is 2. The molecule has 1 aromatic rings. The van der Waals surface area contributed by atoms with Gasteiger partial charge in [0.05, 0.1) is 7.11 Å². The number of ether oxygens (including phenoxy) is 1. The molecule has 0 amide bonds. The van der Waals surface area contributed by atoms with Crippen LogP contribution in [0.2, 0.25) is 0 Å². The van der Waals surface area contributed by atoms with Crippen molar-refractivity contribution in [2.45, 2.75) is 6.42 Å². The number of hydrogen-bond donors (Lipinski definition) is 0. The molecule has 2 rings (SSSR count). The Bertz CT molecular complexity index is 285. The highest BCUT2D eigenvalue weighted by molar-refractivity contribution is 5.80. The van der Waals surface area contributed by atoms with E-state index < -0.39 is 0 Å². The molecule has 1 heteroatoms. The summed E-state index contributed by atoms with van der Waals surface area (Å²) in [5.74, 6) is 1.14. The van der Waals surface area contributed by atoms with Gasteiger partial charge in [0.1, 0.15) is 5.76 Å². The van der Waals surface area contributed by atoms with Crippen molar-refractivity contribution >= 4 is 5.57 Å². The van der Waals surface area contributed by atoms with E-state index >= 15 is 0 Å². The van der Waals surface area contributed by atoms with E-state index in [-0.39, 0.29) is 0 Å². The summed E-state index contributed by atoms with van der Waals surface area (Å²) in [6.45, 7) is 0. The lowest BCUT2D eigenvalue weighted by atomic mass is 10.2. The molecular weight excluding hydrogens is 136 g/mol. The zero-order valence-electron chi connectivity index (χ0n) is 6.50. The Morgan fingerprint density at radius 2 is 1.91 bits per heavy atom. The first kappa shape index (κ1) is 6.47. The zero-order chi connectivity index (χ0) is 7.68. The minimum absolute atomic E-state index is 1.03. The van der Waals surface area contributed by atoms with Crippen LogP contribution in [-0.4, -0.2) is 7.11 Å². The molecule has 0 spiro atoms. The maximum Gasteiger partial charge on any atom is 0.104 e. The molecule has 0 saturated heterocycles. The molecule has 0 aromatic heterocycles. The summed E-state index contributed by atoms with van der Waals surface area (Å²) in [5.41, 5.74) is 2.65. The van der Waals surface area contributed by atoms with Gasteiger partial charge in [-0.3, -0.25) is 0 Å². The molecule has 1 nitrogen and oxygen atoms in total. The molecule has 0 aliphatic heterocycles. The maximum atomic E-state index is 5.11. The first-order valence-electron chi connectivity index (χ1n) is 3.73. The molecular formula is C10H10O. The van der Waals surface area contributed by atoms with Crippen molar-refractivity contribution in [1.82, 2.24) is 0 Å². The molecule has 0 saturated carbocycles. The van der Waals surface area contributed by atoms with Gasteiger partial charge >= 0.3 is 0 Å². The lowest BCUT2D eigenvalue weighted by Crippen LogP contribution is -1.69. The Morgan fingerprint density at radius 1 is 1.18 bits per heavy atom. The van der Waals surface area contributed by atoms with Gasteiger partial charge in [0.2, 0.25) is 0 Å². The summed E-state index contributed by atoms with van der Waals surface area (Å²) >= 11 is 0. The Balaban J connectivity index is 2.27. The van der Waals surface area contributed by atoms with E-state index in [0.29, 0.717) is 0 Å². The molecule has 56 valence electrons. The Labute approximate surface area is 66.3 Å². The second kappa shape index (κ2) is 2.42. The number of hydrogen-bond acceptors (Lipinski definition) is 1. The minimum atomic E-state index is 1.03. The second-order valence-corrected chi connectivity index (χ2v) is 2.65. The smallest absolute Gasteiger partial charge is 0.104 e. The summed E-state index contributed by atoms with van der Waals surface area (Å²) in [4.78, 5) is 0. The van der Waals surface area contributed by atoms with Crippen molar-refractivity contribution in [2.75, 3.05) is 7.11 Å². The van der Waals surface area contributed by atoms with E-state index in [9.17, 15) is 0 Å². The van der Waals surface area contributed by atoms with Gasteiger partial charge in [0.15, 0.2) is 0 Å². The van der Waals surface area contributed by atoms with E-state index in [1.54, 1.807) is 7.11 Å². The first-order valence-corrected chi connectivity index (χ1v) is 3.73. The molecule has 1 aliphatic carbocycles. The van der Waals surface area contributed by atoms with Gasteiger partial charge in [-0.05, 0) is 5.56 Å². The van der Waals surface area contributed by atoms with Crippen LogP contribution in [-0.2, 0) is 4.74 Å². The summed E-state index contributed by atoms with van der Waals surface area (Å²) in [6, 6.07) is 10.4. The molecule has 1 aliphatic rings. The summed E-state index contributed by atoms with van der Waals surface area (Å²) in [7, 11) is 1.73. The third-order valence-electron chi connectivity index (χ3n) is 1.92. The van der Waals surface area contributed by atoms with E-state index in [1.165, 1.54) is 11.1 Å². The summed E-state index contributed by atoms with van der Waals surface area (Å²) in [5, 5.41) is 0. The fraction of sp³-hybridized carbons (Fsp3) is 0.200. The highest BCUT2D eigenvalue weighted by Gasteiger charge is 2.23. The predicted octanol–water partition coefficient (Wildman–Crippen LogP) is 2.45. The lowest BCUT2D eigenvalue weighted by Gasteiger charge is -1.89. The fourth-order valence-electron chi connectivity index (χ4n) is 1.21. The van der Waals surface area contributed by atoms with E-state index in [2.05, 4.69) is 12.1 Å². The highest BCUT2D eigenvalue weighted by Crippen LogP contribution is 2.39. The third kappa shape index (κ3) is 1.14. The van der Waals surface area contributed by atoms with Crippen LogP contribution in [0.25, 0.3) is 5.57 Å². The first-order chi connectivity index (χ1) is 5.42. The highest BCUT2D eigenvalue weighted by atomic mass is 16.5. The third-order valence-corrected chi connectivity index (χ3v) is 1.92. The van der Waals surface area contributed by atoms with Gasteiger partial charge < -0.3 is 4.74 Å². The summed E-state index contributed by atoms with van der Waals surface area (Å²) in [6.07, 6.45) is 1.03. The number of benzene rings is 1. The molecule has 0 radical (unpaired) electrons. The van der Waals surface area contributed by atoms with Gasteiger partial charge in [-0.1, -0.05) is 30.3 Å². The van der Waals surface area contributed by atoms with Crippen molar-refractivity contribution < 1.29 is 4.74 Å². The number of allylic oxidation sites excluding steroid dienone is 2. The van der Waals surface area contributed by atoms with E-state index in [1.807, 2.05) is 18.2 Å². The Morgan fingerprint density at radius 3 is 2.45 bits per heavy atom. The average Bonchev–Trinajstić information content (AvgIpc) is 2.85. The zero-order valence-corrected chi connectivity index (χ0v) is 6.50. The summed E-state index contributed by atoms with van der Waals surface area (Å²) < 4.78 is 5.11. The average molecular weight is 146 g/mol. The van der Waals surface area contributed by atoms with Crippen molar-refractivity contribution in [3.05, 3.63) is 41.7 Å². The number of methoxy groups -OCH3 is 1.